The van der Waals surface area contributed by atoms with Gasteiger partial charge in [0.15, 0.2) is 0 Å². The second-order valence-corrected chi connectivity index (χ2v) is 13.4. The van der Waals surface area contributed by atoms with Gasteiger partial charge in [-0.2, -0.15) is 26.3 Å². The molecule has 0 aliphatic heterocycles. The van der Waals surface area contributed by atoms with Crippen LogP contribution < -0.4 is 5.19 Å². The van der Waals surface area contributed by atoms with E-state index in [1.165, 1.54) is 23.4 Å². The van der Waals surface area contributed by atoms with Crippen LogP contribution in [0.25, 0.3) is 43.8 Å². The monoisotopic (exact) mass is 627 g/mol. The van der Waals surface area contributed by atoms with Gasteiger partial charge in [0.1, 0.15) is 0 Å². The summed E-state index contributed by atoms with van der Waals surface area (Å²) in [7, 11) is -0.727. The largest absolute Gasteiger partial charge is 2.00 e. The number of hydrogen-bond donors (Lipinski definition) is 0. The predicted molar refractivity (Wildman–Crippen MR) is 172 cm³/mol. The molecule has 6 aromatic carbocycles. The molecule has 0 nitrogen and oxygen atoms in total. The van der Waals surface area contributed by atoms with Crippen LogP contribution >= 0.6 is 0 Å². The molecule has 0 atom stereocenters. The first-order chi connectivity index (χ1) is 20.3. The van der Waals surface area contributed by atoms with Gasteiger partial charge in [0.25, 0.3) is 0 Å². The molecule has 0 bridgehead atoms. The van der Waals surface area contributed by atoms with E-state index in [0.29, 0.717) is 11.1 Å². The summed E-state index contributed by atoms with van der Waals surface area (Å²) in [5.74, 6) is 0. The zero-order valence-corrected chi connectivity index (χ0v) is 27.2. The summed E-state index contributed by atoms with van der Waals surface area (Å²) in [6.45, 7) is 7.89. The Morgan fingerprint density at radius 2 is 1.07 bits per heavy atom. The second-order valence-electron chi connectivity index (χ2n) is 10.9. The molecule has 6 aromatic rings. The van der Waals surface area contributed by atoms with Crippen molar-refractivity contribution in [1.82, 2.24) is 0 Å². The van der Waals surface area contributed by atoms with Crippen molar-refractivity contribution < 1.29 is 26.3 Å². The van der Waals surface area contributed by atoms with Crippen LogP contribution in [0.4, 0.5) is 26.3 Å². The molecule has 8 heteroatoms. The first-order valence-corrected chi connectivity index (χ1v) is 16.3. The van der Waals surface area contributed by atoms with Crippen molar-refractivity contribution >= 4 is 58.6 Å². The number of aryl methyl sites for hydroxylation is 2. The summed E-state index contributed by atoms with van der Waals surface area (Å²) in [5, 5.41) is 5.72. The minimum atomic E-state index is -4.30. The molecule has 0 amide bonds. The van der Waals surface area contributed by atoms with Crippen molar-refractivity contribution in [3.63, 3.8) is 0 Å². The van der Waals surface area contributed by atoms with E-state index in [-0.39, 0.29) is 23.1 Å². The SMILES string of the molecule is Cc1cc(C(F)(F)F)ccc1-[c-]1c([Si](C)C)cc2ccccc21.Cc1cc(C(F)(F)F)ccc1-[c-]1ccc2ccccc21.[Mg+2]. The minimum Gasteiger partial charge on any atom is -0.166 e. The van der Waals surface area contributed by atoms with E-state index in [0.717, 1.165) is 49.9 Å². The fourth-order valence-corrected chi connectivity index (χ4v) is 6.77. The van der Waals surface area contributed by atoms with Gasteiger partial charge in [0, 0.05) is 11.1 Å². The summed E-state index contributed by atoms with van der Waals surface area (Å²) in [6, 6.07) is 30.1. The minimum absolute atomic E-state index is 0. The van der Waals surface area contributed by atoms with Crippen LogP contribution in [0.5, 0.6) is 0 Å². The molecule has 0 spiro atoms. The van der Waals surface area contributed by atoms with Gasteiger partial charge in [-0.25, -0.2) is 0 Å². The van der Waals surface area contributed by atoms with Crippen molar-refractivity contribution in [3.05, 3.63) is 125 Å². The maximum absolute atomic E-state index is 12.9. The first-order valence-electron chi connectivity index (χ1n) is 13.8. The third kappa shape index (κ3) is 6.82. The zero-order valence-electron chi connectivity index (χ0n) is 24.8. The number of hydrogen-bond acceptors (Lipinski definition) is 0. The van der Waals surface area contributed by atoms with Crippen molar-refractivity contribution in [2.45, 2.75) is 39.3 Å². The molecule has 0 unspecified atom stereocenters. The normalized spacial score (nSPS) is 11.9. The Morgan fingerprint density at radius 3 is 1.59 bits per heavy atom. The van der Waals surface area contributed by atoms with Crippen LogP contribution in [0.3, 0.4) is 0 Å². The van der Waals surface area contributed by atoms with Gasteiger partial charge in [-0.05, 0) is 0 Å². The molecule has 221 valence electrons. The third-order valence-electron chi connectivity index (χ3n) is 7.69. The van der Waals surface area contributed by atoms with E-state index in [9.17, 15) is 26.3 Å². The topological polar surface area (TPSA) is 0 Å². The molecule has 0 saturated heterocycles. The molecular weight excluding hydrogens is 599 g/mol. The summed E-state index contributed by atoms with van der Waals surface area (Å²) < 4.78 is 76.8. The molecule has 0 aromatic heterocycles. The average Bonchev–Trinajstić information content (AvgIpc) is 3.55. The van der Waals surface area contributed by atoms with Crippen LogP contribution in [0.1, 0.15) is 22.3 Å². The van der Waals surface area contributed by atoms with Gasteiger partial charge in [0.05, 0.1) is 8.80 Å². The van der Waals surface area contributed by atoms with Crippen molar-refractivity contribution in [3.8, 4) is 22.3 Å². The standard InChI is InChI=1S/C19H17F3Si.C17H12F3.Mg/c1-12-10-14(19(20,21)22)8-9-15(12)18-16-7-5-4-6-13(16)11-17(18)23(2)3;1-11-10-13(17(18,19)20)7-9-14(11)16-8-6-12-4-2-3-5-15(12)16;/h4-11H,1-3H3;2-10H,1H3;/q2*-1;+2. The fourth-order valence-electron chi connectivity index (χ4n) is 5.56. The Balaban J connectivity index is 0.000000198. The van der Waals surface area contributed by atoms with Crippen LogP contribution in [-0.2, 0) is 12.4 Å². The fraction of sp³-hybridized carbons (Fsp3) is 0.167. The Morgan fingerprint density at radius 1 is 0.568 bits per heavy atom. The predicted octanol–water partition coefficient (Wildman–Crippen LogP) is 10.7. The molecule has 0 fully saturated rings. The molecule has 0 aliphatic carbocycles. The molecule has 0 aliphatic rings. The Hall–Kier alpha value is -3.34. The Labute approximate surface area is 270 Å². The summed E-state index contributed by atoms with van der Waals surface area (Å²) in [6.07, 6.45) is -8.60. The van der Waals surface area contributed by atoms with Crippen molar-refractivity contribution in [1.29, 1.82) is 0 Å². The quantitative estimate of drug-likeness (QED) is 0.104. The van der Waals surface area contributed by atoms with Crippen LogP contribution in [-0.4, -0.2) is 31.8 Å². The Kier molecular flexibility index (Phi) is 9.88. The molecule has 0 saturated carbocycles. The van der Waals surface area contributed by atoms with Crippen molar-refractivity contribution in [2.75, 3.05) is 0 Å². The second kappa shape index (κ2) is 13.0. The number of fused-ring (bicyclic) bond motifs is 2. The zero-order chi connectivity index (χ0) is 31.1. The average molecular weight is 628 g/mol. The van der Waals surface area contributed by atoms with Gasteiger partial charge in [-0.15, -0.1) is 47.7 Å². The van der Waals surface area contributed by atoms with Crippen molar-refractivity contribution in [2.24, 2.45) is 0 Å². The van der Waals surface area contributed by atoms with Gasteiger partial charge in [-0.3, -0.25) is 0 Å². The summed E-state index contributed by atoms with van der Waals surface area (Å²) >= 11 is 0. The van der Waals surface area contributed by atoms with E-state index >= 15 is 0 Å². The summed E-state index contributed by atoms with van der Waals surface area (Å²) in [5.41, 5.74) is 3.94. The number of benzene rings is 4. The number of halogens is 6. The maximum Gasteiger partial charge on any atom is 2.00 e. The first kappa shape index (κ1) is 33.6. The van der Waals surface area contributed by atoms with E-state index in [1.807, 2.05) is 48.5 Å². The molecule has 6 rings (SSSR count). The van der Waals surface area contributed by atoms with E-state index in [1.54, 1.807) is 26.0 Å². The van der Waals surface area contributed by atoms with E-state index in [2.05, 4.69) is 31.3 Å². The molecular formula is C36H29F6MgSi. The van der Waals surface area contributed by atoms with Gasteiger partial charge < -0.3 is 0 Å². The van der Waals surface area contributed by atoms with E-state index < -0.39 is 32.3 Å². The molecule has 0 heterocycles. The van der Waals surface area contributed by atoms with Gasteiger partial charge in [-0.1, -0.05) is 143 Å². The third-order valence-corrected chi connectivity index (χ3v) is 9.16. The number of alkyl halides is 6. The van der Waals surface area contributed by atoms with Gasteiger partial charge in [0.2, 0.25) is 0 Å². The number of rotatable bonds is 3. The summed E-state index contributed by atoms with van der Waals surface area (Å²) in [4.78, 5) is 0. The van der Waals surface area contributed by atoms with Crippen LogP contribution in [0.2, 0.25) is 13.1 Å². The molecule has 1 radical (unpaired) electrons. The van der Waals surface area contributed by atoms with Crippen LogP contribution in [0, 0.1) is 13.8 Å². The van der Waals surface area contributed by atoms with Gasteiger partial charge >= 0.3 is 35.4 Å². The van der Waals surface area contributed by atoms with E-state index in [4.69, 9.17) is 0 Å². The smallest absolute Gasteiger partial charge is 0.166 e. The van der Waals surface area contributed by atoms with Crippen LogP contribution in [0.15, 0.2) is 103 Å². The Bertz CT molecular complexity index is 1910. The molecule has 44 heavy (non-hydrogen) atoms. The maximum atomic E-state index is 12.9. The molecule has 0 N–H and O–H groups in total.